The van der Waals surface area contributed by atoms with E-state index in [0.29, 0.717) is 5.41 Å². The quantitative estimate of drug-likeness (QED) is 0.385. The van der Waals surface area contributed by atoms with Crippen LogP contribution < -0.4 is 10.4 Å². The first kappa shape index (κ1) is 17.7. The SMILES string of the molecule is CC(C)(C)CCC(I)O[SiH](c1ccccc1)c1ccccc1. The lowest BCUT2D eigenvalue weighted by Gasteiger charge is -2.24. The summed E-state index contributed by atoms with van der Waals surface area (Å²) in [6, 6.07) is 21.4. The lowest BCUT2D eigenvalue weighted by atomic mass is 9.91. The summed E-state index contributed by atoms with van der Waals surface area (Å²) >= 11 is 2.46. The zero-order valence-electron chi connectivity index (χ0n) is 13.6. The van der Waals surface area contributed by atoms with Crippen molar-refractivity contribution in [1.29, 1.82) is 0 Å². The molecule has 0 saturated carbocycles. The molecule has 0 amide bonds. The predicted octanol–water partition coefficient (Wildman–Crippen LogP) is 4.13. The Balaban J connectivity index is 2.12. The second-order valence-electron chi connectivity index (χ2n) is 6.85. The molecular formula is C19H25IOSi. The topological polar surface area (TPSA) is 9.23 Å². The molecule has 0 bridgehead atoms. The lowest BCUT2D eigenvalue weighted by molar-refractivity contribution is 0.262. The summed E-state index contributed by atoms with van der Waals surface area (Å²) in [6.07, 6.45) is 2.29. The molecule has 0 aliphatic rings. The van der Waals surface area contributed by atoms with Gasteiger partial charge in [0.2, 0.25) is 9.04 Å². The first-order valence-electron chi connectivity index (χ1n) is 7.85. The van der Waals surface area contributed by atoms with Crippen molar-refractivity contribution in [1.82, 2.24) is 0 Å². The second kappa shape index (κ2) is 8.27. The fourth-order valence-corrected chi connectivity index (χ4v) is 5.83. The van der Waals surface area contributed by atoms with Crippen LogP contribution in [-0.2, 0) is 4.43 Å². The zero-order chi connectivity index (χ0) is 16.0. The molecule has 0 aliphatic heterocycles. The molecule has 3 heteroatoms. The molecule has 0 aliphatic carbocycles. The Hall–Kier alpha value is -0.653. The second-order valence-corrected chi connectivity index (χ2v) is 10.6. The molecule has 22 heavy (non-hydrogen) atoms. The number of benzene rings is 2. The fourth-order valence-electron chi connectivity index (χ4n) is 2.37. The van der Waals surface area contributed by atoms with Crippen LogP contribution in [0.25, 0.3) is 0 Å². The van der Waals surface area contributed by atoms with E-state index >= 15 is 0 Å². The van der Waals surface area contributed by atoms with Crippen molar-refractivity contribution >= 4 is 42.0 Å². The molecule has 0 heterocycles. The molecule has 0 radical (unpaired) electrons. The van der Waals surface area contributed by atoms with E-state index in [9.17, 15) is 0 Å². The van der Waals surface area contributed by atoms with E-state index in [4.69, 9.17) is 4.43 Å². The highest BCUT2D eigenvalue weighted by Gasteiger charge is 2.22. The maximum Gasteiger partial charge on any atom is 0.241 e. The Kier molecular flexibility index (Phi) is 6.65. The van der Waals surface area contributed by atoms with Crippen LogP contribution in [0.1, 0.15) is 33.6 Å². The average Bonchev–Trinajstić information content (AvgIpc) is 2.52. The minimum Gasteiger partial charge on any atom is -0.399 e. The Bertz CT molecular complexity index is 511. The molecular weight excluding hydrogens is 399 g/mol. The van der Waals surface area contributed by atoms with E-state index in [0.717, 1.165) is 6.42 Å². The lowest BCUT2D eigenvalue weighted by Crippen LogP contribution is -2.46. The standard InChI is InChI=1S/C19H25IOSi/c1-19(2,3)15-14-18(20)21-22(16-10-6-4-7-11-16)17-12-8-5-9-13-17/h4-13,18,22H,14-15H2,1-3H3. The molecule has 1 nitrogen and oxygen atoms in total. The van der Waals surface area contributed by atoms with Crippen molar-refractivity contribution in [3.05, 3.63) is 60.7 Å². The van der Waals surface area contributed by atoms with E-state index < -0.39 is 9.04 Å². The van der Waals surface area contributed by atoms with Gasteiger partial charge in [0.05, 0.1) is 4.11 Å². The molecule has 1 atom stereocenters. The van der Waals surface area contributed by atoms with Gasteiger partial charge in [0.25, 0.3) is 0 Å². The van der Waals surface area contributed by atoms with Crippen LogP contribution >= 0.6 is 22.6 Å². The molecule has 0 N–H and O–H groups in total. The minimum atomic E-state index is -1.60. The van der Waals surface area contributed by atoms with Crippen LogP contribution in [0.15, 0.2) is 60.7 Å². The summed E-state index contributed by atoms with van der Waals surface area (Å²) in [6.45, 7) is 6.87. The Labute approximate surface area is 150 Å². The van der Waals surface area contributed by atoms with Gasteiger partial charge in [-0.2, -0.15) is 0 Å². The molecule has 118 valence electrons. The molecule has 0 spiro atoms. The molecule has 0 aromatic heterocycles. The molecule has 1 unspecified atom stereocenters. The minimum absolute atomic E-state index is 0.272. The normalized spacial score (nSPS) is 13.3. The number of halogens is 1. The van der Waals surface area contributed by atoms with Gasteiger partial charge in [0, 0.05) is 0 Å². The summed E-state index contributed by atoms with van der Waals surface area (Å²) < 4.78 is 6.82. The first-order chi connectivity index (χ1) is 10.5. The van der Waals surface area contributed by atoms with Crippen LogP contribution in [0.3, 0.4) is 0 Å². The predicted molar refractivity (Wildman–Crippen MR) is 107 cm³/mol. The van der Waals surface area contributed by atoms with E-state index in [1.807, 2.05) is 0 Å². The highest BCUT2D eigenvalue weighted by molar-refractivity contribution is 14.1. The van der Waals surface area contributed by atoms with Gasteiger partial charge in [-0.25, -0.2) is 0 Å². The van der Waals surface area contributed by atoms with Crippen molar-refractivity contribution < 1.29 is 4.43 Å². The molecule has 0 saturated heterocycles. The highest BCUT2D eigenvalue weighted by Crippen LogP contribution is 2.24. The Morgan fingerprint density at radius 3 is 1.77 bits per heavy atom. The average molecular weight is 424 g/mol. The zero-order valence-corrected chi connectivity index (χ0v) is 16.9. The summed E-state index contributed by atoms with van der Waals surface area (Å²) in [5.74, 6) is 0. The number of alkyl halides is 1. The maximum absolute atomic E-state index is 6.54. The largest absolute Gasteiger partial charge is 0.399 e. The van der Waals surface area contributed by atoms with Gasteiger partial charge in [-0.05, 0) is 28.6 Å². The van der Waals surface area contributed by atoms with Crippen molar-refractivity contribution in [2.75, 3.05) is 0 Å². The summed E-state index contributed by atoms with van der Waals surface area (Å²) in [4.78, 5) is 0. The third-order valence-electron chi connectivity index (χ3n) is 3.61. The van der Waals surface area contributed by atoms with E-state index in [1.165, 1.54) is 16.8 Å². The third-order valence-corrected chi connectivity index (χ3v) is 7.66. The van der Waals surface area contributed by atoms with E-state index in [2.05, 4.69) is 104 Å². The summed E-state index contributed by atoms with van der Waals surface area (Å²) in [5, 5.41) is 2.71. The van der Waals surface area contributed by atoms with Crippen molar-refractivity contribution in [2.45, 2.75) is 37.7 Å². The number of hydrogen-bond acceptors (Lipinski definition) is 1. The van der Waals surface area contributed by atoms with Gasteiger partial charge >= 0.3 is 0 Å². The van der Waals surface area contributed by atoms with Crippen molar-refractivity contribution in [3.8, 4) is 0 Å². The maximum atomic E-state index is 6.54. The van der Waals surface area contributed by atoms with Gasteiger partial charge in [0.1, 0.15) is 0 Å². The fraction of sp³-hybridized carbons (Fsp3) is 0.368. The van der Waals surface area contributed by atoms with Crippen LogP contribution in [-0.4, -0.2) is 13.2 Å². The Morgan fingerprint density at radius 2 is 1.36 bits per heavy atom. The van der Waals surface area contributed by atoms with Gasteiger partial charge in [-0.1, -0.05) is 104 Å². The number of hydrogen-bond donors (Lipinski definition) is 0. The number of rotatable bonds is 6. The van der Waals surface area contributed by atoms with E-state index in [-0.39, 0.29) is 4.11 Å². The monoisotopic (exact) mass is 424 g/mol. The van der Waals surface area contributed by atoms with Gasteiger partial charge in [-0.3, -0.25) is 0 Å². The smallest absolute Gasteiger partial charge is 0.241 e. The van der Waals surface area contributed by atoms with Crippen LogP contribution in [0.4, 0.5) is 0 Å². The van der Waals surface area contributed by atoms with Crippen molar-refractivity contribution in [2.24, 2.45) is 5.41 Å². The van der Waals surface area contributed by atoms with Crippen LogP contribution in [0, 0.1) is 5.41 Å². The third kappa shape index (κ3) is 5.86. The molecule has 2 aromatic carbocycles. The summed E-state index contributed by atoms with van der Waals surface area (Å²) in [7, 11) is -1.60. The highest BCUT2D eigenvalue weighted by atomic mass is 127. The van der Waals surface area contributed by atoms with Gasteiger partial charge in [0.15, 0.2) is 0 Å². The van der Waals surface area contributed by atoms with Crippen molar-refractivity contribution in [3.63, 3.8) is 0 Å². The first-order valence-corrected chi connectivity index (χ1v) is 10.7. The van der Waals surface area contributed by atoms with Crippen LogP contribution in [0.2, 0.25) is 0 Å². The van der Waals surface area contributed by atoms with Crippen LogP contribution in [0.5, 0.6) is 0 Å². The Morgan fingerprint density at radius 1 is 0.909 bits per heavy atom. The molecule has 2 rings (SSSR count). The molecule has 0 fully saturated rings. The van der Waals surface area contributed by atoms with Gasteiger partial charge in [-0.15, -0.1) is 0 Å². The summed E-state index contributed by atoms with van der Waals surface area (Å²) in [5.41, 5.74) is 0.364. The van der Waals surface area contributed by atoms with Gasteiger partial charge < -0.3 is 4.43 Å². The molecule has 2 aromatic rings. The van der Waals surface area contributed by atoms with E-state index in [1.54, 1.807) is 0 Å².